The van der Waals surface area contributed by atoms with E-state index < -0.39 is 8.07 Å². The van der Waals surface area contributed by atoms with Crippen LogP contribution < -0.4 is 10.4 Å². The Morgan fingerprint density at radius 1 is 0.311 bits per heavy atom. The molecule has 2 aromatic heterocycles. The van der Waals surface area contributed by atoms with E-state index in [2.05, 4.69) is 201 Å². The van der Waals surface area contributed by atoms with Gasteiger partial charge in [-0.05, 0) is 79.6 Å². The third kappa shape index (κ3) is 6.56. The summed E-state index contributed by atoms with van der Waals surface area (Å²) in [6.45, 7) is 4.85. The molecule has 11 rings (SSSR count). The van der Waals surface area contributed by atoms with Crippen LogP contribution in [-0.2, 0) is 0 Å². The van der Waals surface area contributed by atoms with Crippen LogP contribution in [0.1, 0.15) is 0 Å². The Morgan fingerprint density at radius 3 is 1.28 bits per heavy atom. The molecule has 288 valence electrons. The van der Waals surface area contributed by atoms with E-state index in [1.54, 1.807) is 0 Å². The third-order valence-electron chi connectivity index (χ3n) is 12.1. The van der Waals surface area contributed by atoms with Crippen LogP contribution in [0.4, 0.5) is 0 Å². The van der Waals surface area contributed by atoms with E-state index in [0.717, 1.165) is 89.4 Å². The average Bonchev–Trinajstić information content (AvgIpc) is 3.57. The molecule has 8 aromatic carbocycles. The predicted octanol–water partition coefficient (Wildman–Crippen LogP) is 12.9. The van der Waals surface area contributed by atoms with Gasteiger partial charge in [0.15, 0.2) is 11.6 Å². The van der Waals surface area contributed by atoms with Gasteiger partial charge in [0, 0.05) is 27.6 Å². The number of benzene rings is 8. The first-order valence-electron chi connectivity index (χ1n) is 20.8. The number of nitrogens with zero attached hydrogens (tertiary/aromatic N) is 4. The Bertz CT molecular complexity index is 3290. The first kappa shape index (κ1) is 36.5. The van der Waals surface area contributed by atoms with Crippen molar-refractivity contribution < 1.29 is 0 Å². The molecule has 10 aromatic rings. The van der Waals surface area contributed by atoms with E-state index in [-0.39, 0.29) is 0 Å². The summed E-state index contributed by atoms with van der Waals surface area (Å²) < 4.78 is 0. The van der Waals surface area contributed by atoms with E-state index in [0.29, 0.717) is 5.82 Å². The monoisotopic (exact) mass is 796 g/mol. The minimum absolute atomic E-state index is 0.711. The number of fused-ring (bicyclic) bond motifs is 4. The minimum Gasteiger partial charge on any atom is -0.228 e. The van der Waals surface area contributed by atoms with Crippen LogP contribution in [0.25, 0.3) is 101 Å². The Kier molecular flexibility index (Phi) is 8.91. The SMILES string of the molecule is C[Si]1(C)c2ccccc2-c2nc(-c3cccc(-c4cccc(-c5cccc(-c6cccc(-c7nc(-c8ccccc8)c8ccccc8n7)c6)c5)c4)c3)nc(-c3ccccc3)c21. The lowest BCUT2D eigenvalue weighted by atomic mass is 9.95. The zero-order chi connectivity index (χ0) is 40.9. The molecule has 0 fully saturated rings. The number of rotatable bonds is 7. The van der Waals surface area contributed by atoms with Crippen LogP contribution in [0.2, 0.25) is 13.1 Å². The van der Waals surface area contributed by atoms with E-state index in [1.165, 1.54) is 15.9 Å². The second-order valence-electron chi connectivity index (χ2n) is 16.3. The molecule has 0 N–H and O–H groups in total. The summed E-state index contributed by atoms with van der Waals surface area (Å²) in [5.41, 5.74) is 16.2. The maximum Gasteiger partial charge on any atom is 0.160 e. The van der Waals surface area contributed by atoms with E-state index in [1.807, 2.05) is 18.2 Å². The number of hydrogen-bond donors (Lipinski definition) is 0. The molecule has 0 saturated carbocycles. The summed E-state index contributed by atoms with van der Waals surface area (Å²) in [5, 5.41) is 3.79. The average molecular weight is 797 g/mol. The van der Waals surface area contributed by atoms with Gasteiger partial charge in [-0.1, -0.05) is 189 Å². The highest BCUT2D eigenvalue weighted by molar-refractivity contribution is 7.04. The quantitative estimate of drug-likeness (QED) is 0.151. The molecule has 4 nitrogen and oxygen atoms in total. The molecule has 0 spiro atoms. The van der Waals surface area contributed by atoms with Crippen LogP contribution >= 0.6 is 0 Å². The molecule has 3 heterocycles. The highest BCUT2D eigenvalue weighted by atomic mass is 28.3. The van der Waals surface area contributed by atoms with Crippen molar-refractivity contribution >= 4 is 29.4 Å². The van der Waals surface area contributed by atoms with Crippen LogP contribution in [0.15, 0.2) is 206 Å². The van der Waals surface area contributed by atoms with Gasteiger partial charge in [0.2, 0.25) is 0 Å². The standard InChI is InChI=1S/C56H40N4Si/c1-61(2)50-32-12-10-30-48(50)53-54(61)52(38-19-7-4-8-20-38)59-56(60-53)46-28-16-26-44(36-46)42-24-14-22-40(34-42)39-21-13-23-41(33-39)43-25-15-27-45(35-43)55-57-49-31-11-9-29-47(49)51(58-55)37-17-5-3-6-18-37/h3-36H,1-2H3. The lowest BCUT2D eigenvalue weighted by Gasteiger charge is -2.21. The van der Waals surface area contributed by atoms with Crippen molar-refractivity contribution in [3.63, 3.8) is 0 Å². The van der Waals surface area contributed by atoms with Gasteiger partial charge in [0.25, 0.3) is 0 Å². The van der Waals surface area contributed by atoms with Crippen LogP contribution in [0.3, 0.4) is 0 Å². The smallest absolute Gasteiger partial charge is 0.160 e. The molecule has 61 heavy (non-hydrogen) atoms. The summed E-state index contributed by atoms with van der Waals surface area (Å²) >= 11 is 0. The van der Waals surface area contributed by atoms with E-state index >= 15 is 0 Å². The van der Waals surface area contributed by atoms with Gasteiger partial charge in [-0.3, -0.25) is 0 Å². The van der Waals surface area contributed by atoms with Crippen molar-refractivity contribution in [3.05, 3.63) is 206 Å². The Hall–Kier alpha value is -7.60. The fraction of sp³-hybridized carbons (Fsp3) is 0.0357. The van der Waals surface area contributed by atoms with Crippen molar-refractivity contribution in [2.75, 3.05) is 0 Å². The highest BCUT2D eigenvalue weighted by Gasteiger charge is 2.41. The van der Waals surface area contributed by atoms with Crippen LogP contribution in [0, 0.1) is 0 Å². The molecule has 0 unspecified atom stereocenters. The van der Waals surface area contributed by atoms with Crippen LogP contribution in [0.5, 0.6) is 0 Å². The molecular formula is C56H40N4Si. The van der Waals surface area contributed by atoms with Gasteiger partial charge in [0.1, 0.15) is 8.07 Å². The fourth-order valence-corrected chi connectivity index (χ4v) is 12.2. The zero-order valence-corrected chi connectivity index (χ0v) is 34.9. The van der Waals surface area contributed by atoms with Gasteiger partial charge in [-0.15, -0.1) is 0 Å². The highest BCUT2D eigenvalue weighted by Crippen LogP contribution is 2.36. The Labute approximate surface area is 357 Å². The predicted molar refractivity (Wildman–Crippen MR) is 255 cm³/mol. The summed E-state index contributed by atoms with van der Waals surface area (Å²) in [6.07, 6.45) is 0. The largest absolute Gasteiger partial charge is 0.228 e. The maximum absolute atomic E-state index is 5.37. The molecule has 0 saturated heterocycles. The van der Waals surface area contributed by atoms with Gasteiger partial charge >= 0.3 is 0 Å². The molecule has 0 atom stereocenters. The molecule has 0 bridgehead atoms. The molecule has 5 heteroatoms. The molecule has 0 aliphatic carbocycles. The third-order valence-corrected chi connectivity index (χ3v) is 15.6. The van der Waals surface area contributed by atoms with Crippen molar-refractivity contribution in [2.24, 2.45) is 0 Å². The normalized spacial score (nSPS) is 12.6. The van der Waals surface area contributed by atoms with Crippen LogP contribution in [-0.4, -0.2) is 28.0 Å². The number of aromatic nitrogens is 4. The van der Waals surface area contributed by atoms with Gasteiger partial charge in [-0.2, -0.15) is 0 Å². The Balaban J connectivity index is 0.938. The minimum atomic E-state index is -2.03. The molecule has 1 aliphatic rings. The van der Waals surface area contributed by atoms with E-state index in [9.17, 15) is 0 Å². The zero-order valence-electron chi connectivity index (χ0n) is 33.9. The van der Waals surface area contributed by atoms with Gasteiger partial charge in [0.05, 0.1) is 22.6 Å². The van der Waals surface area contributed by atoms with E-state index in [4.69, 9.17) is 19.9 Å². The summed E-state index contributed by atoms with van der Waals surface area (Å²) in [4.78, 5) is 20.9. The second-order valence-corrected chi connectivity index (χ2v) is 20.5. The summed E-state index contributed by atoms with van der Waals surface area (Å²) in [6, 6.07) is 72.9. The van der Waals surface area contributed by atoms with Gasteiger partial charge in [-0.25, -0.2) is 19.9 Å². The maximum atomic E-state index is 5.37. The van der Waals surface area contributed by atoms with Crippen molar-refractivity contribution in [3.8, 4) is 89.9 Å². The molecular weight excluding hydrogens is 757 g/mol. The summed E-state index contributed by atoms with van der Waals surface area (Å²) in [7, 11) is -2.03. The molecule has 1 aliphatic heterocycles. The lowest BCUT2D eigenvalue weighted by Crippen LogP contribution is -2.50. The lowest BCUT2D eigenvalue weighted by molar-refractivity contribution is 1.20. The Morgan fingerprint density at radius 2 is 0.705 bits per heavy atom. The van der Waals surface area contributed by atoms with Crippen molar-refractivity contribution in [1.29, 1.82) is 0 Å². The topological polar surface area (TPSA) is 51.6 Å². The summed E-state index contributed by atoms with van der Waals surface area (Å²) in [5.74, 6) is 1.46. The molecule has 0 amide bonds. The first-order valence-corrected chi connectivity index (χ1v) is 23.8. The number of hydrogen-bond acceptors (Lipinski definition) is 4. The fourth-order valence-electron chi connectivity index (χ4n) is 9.01. The first-order chi connectivity index (χ1) is 30.0. The van der Waals surface area contributed by atoms with Crippen molar-refractivity contribution in [2.45, 2.75) is 13.1 Å². The second kappa shape index (κ2) is 14.9. The number of para-hydroxylation sites is 1. The van der Waals surface area contributed by atoms with Gasteiger partial charge < -0.3 is 0 Å². The molecule has 0 radical (unpaired) electrons. The van der Waals surface area contributed by atoms with Crippen molar-refractivity contribution in [1.82, 2.24) is 19.9 Å².